The topological polar surface area (TPSA) is 49.4 Å². The Hall–Kier alpha value is -1.89. The Balaban J connectivity index is 1.58. The normalized spacial score (nSPS) is 14.3. The Labute approximate surface area is 254 Å². The molecule has 0 aliphatic heterocycles. The number of amides is 2. The van der Waals surface area contributed by atoms with E-state index in [0.29, 0.717) is 32.3 Å². The number of rotatable bonds is 11. The van der Waals surface area contributed by atoms with Gasteiger partial charge in [-0.15, -0.1) is 11.8 Å². The highest BCUT2D eigenvalue weighted by Crippen LogP contribution is 2.27. The molecule has 206 valence electrons. The van der Waals surface area contributed by atoms with Crippen LogP contribution in [0.5, 0.6) is 0 Å². The maximum atomic E-state index is 13.8. The van der Waals surface area contributed by atoms with Crippen molar-refractivity contribution in [3.8, 4) is 0 Å². The number of hydrogen-bond donors (Lipinski definition) is 1. The molecule has 1 N–H and O–H groups in total. The van der Waals surface area contributed by atoms with Crippen LogP contribution in [0.3, 0.4) is 0 Å². The van der Waals surface area contributed by atoms with Crippen molar-refractivity contribution in [1.29, 1.82) is 0 Å². The van der Waals surface area contributed by atoms with E-state index in [2.05, 4.69) is 5.32 Å². The SMILES string of the molecule is O=C(NC1CCCC1)[C@H](Cc1ccccc1)N(Cc1ccc(Cl)cc1Cl)C(=O)CSCc1ccc(Cl)c(Cl)c1. The van der Waals surface area contributed by atoms with Gasteiger partial charge in [-0.05, 0) is 53.8 Å². The van der Waals surface area contributed by atoms with Gasteiger partial charge in [0.1, 0.15) is 6.04 Å². The molecule has 3 aromatic rings. The molecule has 1 atom stereocenters. The number of nitrogens with zero attached hydrogens (tertiary/aromatic N) is 1. The Morgan fingerprint density at radius 3 is 2.31 bits per heavy atom. The first-order valence-electron chi connectivity index (χ1n) is 12.9. The molecule has 4 nitrogen and oxygen atoms in total. The van der Waals surface area contributed by atoms with E-state index in [4.69, 9.17) is 46.4 Å². The van der Waals surface area contributed by atoms with Crippen molar-refractivity contribution in [3.63, 3.8) is 0 Å². The van der Waals surface area contributed by atoms with Crippen LogP contribution in [0, 0.1) is 0 Å². The van der Waals surface area contributed by atoms with Crippen LogP contribution in [-0.2, 0) is 28.3 Å². The molecule has 1 fully saturated rings. The number of thioether (sulfide) groups is 1. The molecule has 1 aliphatic rings. The van der Waals surface area contributed by atoms with Crippen molar-refractivity contribution in [1.82, 2.24) is 10.2 Å². The standard InChI is InChI=1S/C30H30Cl4N2O2S/c31-23-12-11-22(26(33)16-23)17-36(29(37)19-39-18-21-10-13-25(32)27(34)14-21)28(15-20-6-2-1-3-7-20)30(38)35-24-8-4-5-9-24/h1-3,6-7,10-14,16,24,28H,4-5,8-9,15,17-19H2,(H,35,38)/t28-/m0/s1. The van der Waals surface area contributed by atoms with Crippen LogP contribution in [-0.4, -0.2) is 34.6 Å². The lowest BCUT2D eigenvalue weighted by Gasteiger charge is -2.32. The minimum absolute atomic E-state index is 0.135. The molecule has 1 aliphatic carbocycles. The van der Waals surface area contributed by atoms with Crippen molar-refractivity contribution in [2.75, 3.05) is 5.75 Å². The molecule has 39 heavy (non-hydrogen) atoms. The summed E-state index contributed by atoms with van der Waals surface area (Å²) >= 11 is 26.3. The summed E-state index contributed by atoms with van der Waals surface area (Å²) in [5.41, 5.74) is 2.68. The second kappa shape index (κ2) is 14.7. The zero-order valence-electron chi connectivity index (χ0n) is 21.3. The Kier molecular flexibility index (Phi) is 11.3. The van der Waals surface area contributed by atoms with Crippen molar-refractivity contribution in [2.24, 2.45) is 0 Å². The first-order valence-corrected chi connectivity index (χ1v) is 15.6. The van der Waals surface area contributed by atoms with E-state index in [1.54, 1.807) is 29.2 Å². The minimum atomic E-state index is -0.696. The van der Waals surface area contributed by atoms with E-state index in [9.17, 15) is 9.59 Å². The molecule has 0 bridgehead atoms. The largest absolute Gasteiger partial charge is 0.352 e. The molecule has 0 unspecified atom stereocenters. The molecule has 0 heterocycles. The van der Waals surface area contributed by atoms with E-state index in [1.807, 2.05) is 42.5 Å². The van der Waals surface area contributed by atoms with E-state index in [1.165, 1.54) is 11.8 Å². The summed E-state index contributed by atoms with van der Waals surface area (Å²) in [6, 6.07) is 19.9. The van der Waals surface area contributed by atoms with Crippen molar-refractivity contribution in [3.05, 3.63) is 104 Å². The van der Waals surface area contributed by atoms with Crippen LogP contribution in [0.15, 0.2) is 66.7 Å². The van der Waals surface area contributed by atoms with Gasteiger partial charge in [0, 0.05) is 34.8 Å². The summed E-state index contributed by atoms with van der Waals surface area (Å²) in [5.74, 6) is 0.482. The zero-order chi connectivity index (χ0) is 27.8. The van der Waals surface area contributed by atoms with Gasteiger partial charge in [-0.2, -0.15) is 0 Å². The molecule has 0 spiro atoms. The Morgan fingerprint density at radius 2 is 1.62 bits per heavy atom. The molecular weight excluding hydrogens is 594 g/mol. The summed E-state index contributed by atoms with van der Waals surface area (Å²) in [6.07, 6.45) is 4.51. The number of nitrogens with one attached hydrogen (secondary N) is 1. The summed E-state index contributed by atoms with van der Waals surface area (Å²) in [7, 11) is 0. The highest BCUT2D eigenvalue weighted by Gasteiger charge is 2.32. The van der Waals surface area contributed by atoms with E-state index in [0.717, 1.165) is 42.4 Å². The number of carbonyl (C=O) groups is 2. The van der Waals surface area contributed by atoms with Crippen LogP contribution in [0.25, 0.3) is 0 Å². The maximum absolute atomic E-state index is 13.8. The summed E-state index contributed by atoms with van der Waals surface area (Å²) < 4.78 is 0. The molecule has 0 saturated heterocycles. The average molecular weight is 624 g/mol. The fourth-order valence-corrected chi connectivity index (χ4v) is 6.37. The first kappa shape index (κ1) is 30.1. The van der Waals surface area contributed by atoms with Gasteiger partial charge < -0.3 is 10.2 Å². The van der Waals surface area contributed by atoms with Gasteiger partial charge in [-0.1, -0.05) is 102 Å². The van der Waals surface area contributed by atoms with Gasteiger partial charge >= 0.3 is 0 Å². The van der Waals surface area contributed by atoms with Gasteiger partial charge in [-0.3, -0.25) is 9.59 Å². The molecule has 0 radical (unpaired) electrons. The van der Waals surface area contributed by atoms with Crippen molar-refractivity contribution in [2.45, 2.75) is 56.5 Å². The summed E-state index contributed by atoms with van der Waals surface area (Å²) in [4.78, 5) is 29.2. The molecule has 3 aromatic carbocycles. The van der Waals surface area contributed by atoms with Crippen LogP contribution in [0.2, 0.25) is 20.1 Å². The lowest BCUT2D eigenvalue weighted by Crippen LogP contribution is -2.52. The monoisotopic (exact) mass is 622 g/mol. The Bertz CT molecular complexity index is 1290. The quantitative estimate of drug-likeness (QED) is 0.234. The van der Waals surface area contributed by atoms with Crippen molar-refractivity contribution < 1.29 is 9.59 Å². The van der Waals surface area contributed by atoms with Gasteiger partial charge in [0.05, 0.1) is 15.8 Å². The van der Waals surface area contributed by atoms with Crippen LogP contribution >= 0.6 is 58.2 Å². The average Bonchev–Trinajstić information content (AvgIpc) is 3.43. The third-order valence-electron chi connectivity index (χ3n) is 6.81. The molecule has 1 saturated carbocycles. The second-order valence-corrected chi connectivity index (χ2v) is 12.3. The first-order chi connectivity index (χ1) is 18.8. The van der Waals surface area contributed by atoms with E-state index >= 15 is 0 Å². The fourth-order valence-electron chi connectivity index (χ4n) is 4.72. The molecular formula is C30H30Cl4N2O2S. The Morgan fingerprint density at radius 1 is 0.872 bits per heavy atom. The fraction of sp³-hybridized carbons (Fsp3) is 0.333. The number of hydrogen-bond acceptors (Lipinski definition) is 3. The van der Waals surface area contributed by atoms with Crippen LogP contribution in [0.4, 0.5) is 0 Å². The lowest BCUT2D eigenvalue weighted by atomic mass is 10.0. The highest BCUT2D eigenvalue weighted by atomic mass is 35.5. The molecule has 0 aromatic heterocycles. The molecule has 4 rings (SSSR count). The highest BCUT2D eigenvalue weighted by molar-refractivity contribution is 7.99. The summed E-state index contributed by atoms with van der Waals surface area (Å²) in [5, 5.41) is 5.15. The minimum Gasteiger partial charge on any atom is -0.352 e. The number of benzene rings is 3. The van der Waals surface area contributed by atoms with Crippen LogP contribution in [0.1, 0.15) is 42.4 Å². The zero-order valence-corrected chi connectivity index (χ0v) is 25.2. The predicted molar refractivity (Wildman–Crippen MR) is 164 cm³/mol. The van der Waals surface area contributed by atoms with E-state index < -0.39 is 6.04 Å². The lowest BCUT2D eigenvalue weighted by molar-refractivity contribution is -0.139. The van der Waals surface area contributed by atoms with Crippen molar-refractivity contribution >= 4 is 70.0 Å². The predicted octanol–water partition coefficient (Wildman–Crippen LogP) is 8.23. The number of halogens is 4. The van der Waals surface area contributed by atoms with E-state index in [-0.39, 0.29) is 30.2 Å². The van der Waals surface area contributed by atoms with Gasteiger partial charge in [0.2, 0.25) is 11.8 Å². The maximum Gasteiger partial charge on any atom is 0.243 e. The number of carbonyl (C=O) groups excluding carboxylic acids is 2. The smallest absolute Gasteiger partial charge is 0.243 e. The summed E-state index contributed by atoms with van der Waals surface area (Å²) in [6.45, 7) is 0.192. The molecule has 9 heteroatoms. The third-order valence-corrected chi connectivity index (χ3v) is 9.12. The van der Waals surface area contributed by atoms with Gasteiger partial charge in [0.25, 0.3) is 0 Å². The third kappa shape index (κ3) is 8.80. The van der Waals surface area contributed by atoms with Gasteiger partial charge in [-0.25, -0.2) is 0 Å². The van der Waals surface area contributed by atoms with Crippen LogP contribution < -0.4 is 5.32 Å². The molecule has 2 amide bonds. The second-order valence-electron chi connectivity index (χ2n) is 9.69. The van der Waals surface area contributed by atoms with Gasteiger partial charge in [0.15, 0.2) is 0 Å².